The van der Waals surface area contributed by atoms with Crippen LogP contribution in [0.4, 0.5) is 0 Å². The van der Waals surface area contributed by atoms with Gasteiger partial charge < -0.3 is 15.6 Å². The van der Waals surface area contributed by atoms with E-state index in [1.165, 1.54) is 11.3 Å². The van der Waals surface area contributed by atoms with Gasteiger partial charge in [-0.25, -0.2) is 4.98 Å². The van der Waals surface area contributed by atoms with Crippen molar-refractivity contribution in [1.29, 1.82) is 0 Å². The molecule has 0 fully saturated rings. The Hall–Kier alpha value is -2.32. The number of para-hydroxylation sites is 2. The Morgan fingerprint density at radius 2 is 2.12 bits per heavy atom. The summed E-state index contributed by atoms with van der Waals surface area (Å²) in [6, 6.07) is 11.1. The number of hydrogen-bond acceptors (Lipinski definition) is 5. The van der Waals surface area contributed by atoms with Crippen LogP contribution in [0.1, 0.15) is 28.0 Å². The summed E-state index contributed by atoms with van der Waals surface area (Å²) >= 11 is 3.06. The predicted octanol–water partition coefficient (Wildman–Crippen LogP) is 2.96. The van der Waals surface area contributed by atoms with Gasteiger partial charge in [-0.3, -0.25) is 9.59 Å². The number of thiophene rings is 1. The lowest BCUT2D eigenvalue weighted by Crippen LogP contribution is -2.39. The quantitative estimate of drug-likeness (QED) is 0.554. The first-order valence-corrected chi connectivity index (χ1v) is 10.5. The minimum Gasteiger partial charge on any atom is -0.345 e. The van der Waals surface area contributed by atoms with Crippen molar-refractivity contribution < 1.29 is 9.59 Å². The fourth-order valence-electron chi connectivity index (χ4n) is 2.55. The number of nitrogens with zero attached hydrogens (tertiary/aromatic N) is 1. The number of amides is 2. The number of thioether (sulfide) groups is 1. The van der Waals surface area contributed by atoms with Crippen molar-refractivity contribution in [3.63, 3.8) is 0 Å². The van der Waals surface area contributed by atoms with Crippen LogP contribution in [0.5, 0.6) is 0 Å². The van der Waals surface area contributed by atoms with E-state index in [2.05, 4.69) is 20.6 Å². The van der Waals surface area contributed by atoms with Crippen LogP contribution in [-0.2, 0) is 4.79 Å². The Labute approximate surface area is 159 Å². The molecule has 2 amide bonds. The second-order valence-electron chi connectivity index (χ2n) is 5.70. The number of nitrogens with one attached hydrogen (secondary N) is 3. The van der Waals surface area contributed by atoms with Crippen LogP contribution >= 0.6 is 23.1 Å². The molecule has 2 heterocycles. The van der Waals surface area contributed by atoms with Gasteiger partial charge in [0.25, 0.3) is 5.91 Å². The van der Waals surface area contributed by atoms with Crippen molar-refractivity contribution in [1.82, 2.24) is 20.6 Å². The van der Waals surface area contributed by atoms with Crippen LogP contribution in [0, 0.1) is 0 Å². The summed E-state index contributed by atoms with van der Waals surface area (Å²) in [5, 5.41) is 7.45. The Bertz CT molecular complexity index is 843. The molecule has 3 aromatic rings. The number of H-pyrrole nitrogens is 1. The van der Waals surface area contributed by atoms with E-state index in [9.17, 15) is 9.59 Å². The standard InChI is InChI=1S/C18H20N4O2S2/c1-25-10-8-14(17-21-12-5-2-3-6-13(12)22-17)20-16(23)11-19-18(24)15-7-4-9-26-15/h2-7,9,14H,8,10-11H2,1H3,(H,19,24)(H,20,23)(H,21,22). The first-order chi connectivity index (χ1) is 12.7. The highest BCUT2D eigenvalue weighted by Gasteiger charge is 2.18. The van der Waals surface area contributed by atoms with Gasteiger partial charge in [-0.1, -0.05) is 18.2 Å². The molecule has 1 aromatic carbocycles. The number of rotatable bonds is 8. The Balaban J connectivity index is 1.63. The largest absolute Gasteiger partial charge is 0.345 e. The summed E-state index contributed by atoms with van der Waals surface area (Å²) in [5.74, 6) is 1.16. The summed E-state index contributed by atoms with van der Waals surface area (Å²) in [6.45, 7) is -0.0628. The Morgan fingerprint density at radius 1 is 1.27 bits per heavy atom. The zero-order chi connectivity index (χ0) is 18.4. The van der Waals surface area contributed by atoms with Crippen molar-refractivity contribution in [3.8, 4) is 0 Å². The number of hydrogen-bond donors (Lipinski definition) is 3. The molecule has 0 saturated carbocycles. The van der Waals surface area contributed by atoms with Gasteiger partial charge in [-0.2, -0.15) is 11.8 Å². The fourth-order valence-corrected chi connectivity index (χ4v) is 3.66. The molecule has 0 aliphatic carbocycles. The minimum absolute atomic E-state index is 0.0628. The number of aromatic amines is 1. The molecule has 0 spiro atoms. The fraction of sp³-hybridized carbons (Fsp3) is 0.278. The second-order valence-corrected chi connectivity index (χ2v) is 7.63. The number of benzene rings is 1. The van der Waals surface area contributed by atoms with Gasteiger partial charge in [-0.15, -0.1) is 11.3 Å². The summed E-state index contributed by atoms with van der Waals surface area (Å²) < 4.78 is 0. The Morgan fingerprint density at radius 3 is 2.85 bits per heavy atom. The van der Waals surface area contributed by atoms with Crippen LogP contribution in [0.3, 0.4) is 0 Å². The van der Waals surface area contributed by atoms with E-state index in [4.69, 9.17) is 0 Å². The maximum Gasteiger partial charge on any atom is 0.261 e. The van der Waals surface area contributed by atoms with E-state index in [1.54, 1.807) is 23.9 Å². The van der Waals surface area contributed by atoms with Crippen molar-refractivity contribution in [2.75, 3.05) is 18.6 Å². The molecule has 3 rings (SSSR count). The van der Waals surface area contributed by atoms with Crippen LogP contribution in [0.2, 0.25) is 0 Å². The molecule has 1 atom stereocenters. The molecule has 3 N–H and O–H groups in total. The molecule has 0 bridgehead atoms. The lowest BCUT2D eigenvalue weighted by atomic mass is 10.2. The van der Waals surface area contributed by atoms with E-state index in [0.717, 1.165) is 29.0 Å². The maximum atomic E-state index is 12.3. The number of imidazole rings is 1. The van der Waals surface area contributed by atoms with Gasteiger partial charge in [0.15, 0.2) is 0 Å². The van der Waals surface area contributed by atoms with Gasteiger partial charge >= 0.3 is 0 Å². The zero-order valence-corrected chi connectivity index (χ0v) is 16.0. The monoisotopic (exact) mass is 388 g/mol. The van der Waals surface area contributed by atoms with E-state index < -0.39 is 0 Å². The third-order valence-electron chi connectivity index (χ3n) is 3.84. The molecule has 1 unspecified atom stereocenters. The highest BCUT2D eigenvalue weighted by Crippen LogP contribution is 2.20. The number of carbonyl (C=O) groups is 2. The van der Waals surface area contributed by atoms with E-state index in [0.29, 0.717) is 4.88 Å². The first-order valence-electron chi connectivity index (χ1n) is 8.22. The molecule has 0 radical (unpaired) electrons. The molecule has 0 aliphatic heterocycles. The van der Waals surface area contributed by atoms with Gasteiger partial charge in [0.05, 0.1) is 28.5 Å². The lowest BCUT2D eigenvalue weighted by Gasteiger charge is -2.16. The number of fused-ring (bicyclic) bond motifs is 1. The maximum absolute atomic E-state index is 12.3. The molecular weight excluding hydrogens is 368 g/mol. The van der Waals surface area contributed by atoms with Gasteiger partial charge in [0.2, 0.25) is 5.91 Å². The molecule has 8 heteroatoms. The third-order valence-corrected chi connectivity index (χ3v) is 5.35. The highest BCUT2D eigenvalue weighted by molar-refractivity contribution is 7.98. The zero-order valence-electron chi connectivity index (χ0n) is 14.3. The molecule has 0 aliphatic rings. The average molecular weight is 389 g/mol. The van der Waals surface area contributed by atoms with Crippen LogP contribution in [0.15, 0.2) is 41.8 Å². The van der Waals surface area contributed by atoms with Gasteiger partial charge in [0.1, 0.15) is 5.82 Å². The van der Waals surface area contributed by atoms with Gasteiger partial charge in [0, 0.05) is 0 Å². The second kappa shape index (κ2) is 8.86. The smallest absolute Gasteiger partial charge is 0.261 e. The summed E-state index contributed by atoms with van der Waals surface area (Å²) in [5.41, 5.74) is 1.81. The van der Waals surface area contributed by atoms with E-state index >= 15 is 0 Å². The predicted molar refractivity (Wildman–Crippen MR) is 107 cm³/mol. The van der Waals surface area contributed by atoms with Crippen molar-refractivity contribution in [3.05, 3.63) is 52.5 Å². The Kier molecular flexibility index (Phi) is 6.30. The lowest BCUT2D eigenvalue weighted by molar-refractivity contribution is -0.120. The SMILES string of the molecule is CSCCC(NC(=O)CNC(=O)c1cccs1)c1nc2ccccc2[nH]1. The number of aromatic nitrogens is 2. The summed E-state index contributed by atoms with van der Waals surface area (Å²) in [6.07, 6.45) is 2.78. The minimum atomic E-state index is -0.237. The normalized spacial score (nSPS) is 12.0. The van der Waals surface area contributed by atoms with E-state index in [1.807, 2.05) is 35.9 Å². The van der Waals surface area contributed by atoms with Crippen molar-refractivity contribution >= 4 is 45.9 Å². The van der Waals surface area contributed by atoms with Crippen LogP contribution in [0.25, 0.3) is 11.0 Å². The number of carbonyl (C=O) groups excluding carboxylic acids is 2. The molecule has 0 saturated heterocycles. The summed E-state index contributed by atoms with van der Waals surface area (Å²) in [4.78, 5) is 32.7. The average Bonchev–Trinajstić information content (AvgIpc) is 3.32. The third kappa shape index (κ3) is 4.64. The highest BCUT2D eigenvalue weighted by atomic mass is 32.2. The molecule has 6 nitrogen and oxygen atoms in total. The van der Waals surface area contributed by atoms with Crippen LogP contribution < -0.4 is 10.6 Å². The topological polar surface area (TPSA) is 86.9 Å². The van der Waals surface area contributed by atoms with Crippen molar-refractivity contribution in [2.45, 2.75) is 12.5 Å². The molecule has 2 aromatic heterocycles. The molecular formula is C18H20N4O2S2. The van der Waals surface area contributed by atoms with Crippen molar-refractivity contribution in [2.24, 2.45) is 0 Å². The van der Waals surface area contributed by atoms with Gasteiger partial charge in [-0.05, 0) is 42.0 Å². The van der Waals surface area contributed by atoms with E-state index in [-0.39, 0.29) is 24.4 Å². The van der Waals surface area contributed by atoms with Crippen LogP contribution in [-0.4, -0.2) is 40.3 Å². The first kappa shape index (κ1) is 18.5. The summed E-state index contributed by atoms with van der Waals surface area (Å²) in [7, 11) is 0. The molecule has 26 heavy (non-hydrogen) atoms. The molecule has 136 valence electrons.